The molecule has 1 aliphatic rings. The van der Waals surface area contributed by atoms with E-state index in [-0.39, 0.29) is 5.88 Å². The molecule has 0 unspecified atom stereocenters. The predicted molar refractivity (Wildman–Crippen MR) is 142 cm³/mol. The van der Waals surface area contributed by atoms with E-state index in [1.165, 1.54) is 41.0 Å². The molecule has 1 fully saturated rings. The summed E-state index contributed by atoms with van der Waals surface area (Å²) >= 11 is 0. The maximum absolute atomic E-state index is 13.2. The zero-order valence-corrected chi connectivity index (χ0v) is 20.8. The Hall–Kier alpha value is -4.17. The van der Waals surface area contributed by atoms with E-state index in [1.807, 2.05) is 30.3 Å². The highest BCUT2D eigenvalue weighted by Crippen LogP contribution is 2.30. The fraction of sp³-hybridized carbons (Fsp3) is 0.276. The van der Waals surface area contributed by atoms with Crippen molar-refractivity contribution in [1.82, 2.24) is 14.5 Å². The van der Waals surface area contributed by atoms with E-state index in [9.17, 15) is 9.90 Å². The summed E-state index contributed by atoms with van der Waals surface area (Å²) in [6, 6.07) is 22.2. The molecular formula is C29H31N3O5. The number of nitrogens with one attached hydrogen (secondary N) is 1. The van der Waals surface area contributed by atoms with Crippen LogP contribution in [0.4, 0.5) is 0 Å². The highest BCUT2D eigenvalue weighted by Gasteiger charge is 2.17. The molecule has 192 valence electrons. The zero-order chi connectivity index (χ0) is 25.6. The second-order valence-electron chi connectivity index (χ2n) is 9.00. The molecule has 1 aromatic heterocycles. The Balaban J connectivity index is 1.30. The number of hydrogen-bond acceptors (Lipinski definition) is 6. The molecule has 1 heterocycles. The summed E-state index contributed by atoms with van der Waals surface area (Å²) in [5.74, 6) is 2.28. The summed E-state index contributed by atoms with van der Waals surface area (Å²) in [4.78, 5) is 13.2. The molecule has 1 aliphatic carbocycles. The summed E-state index contributed by atoms with van der Waals surface area (Å²) in [6.07, 6.45) is 6.42. The first kappa shape index (κ1) is 24.5. The van der Waals surface area contributed by atoms with Crippen LogP contribution >= 0.6 is 0 Å². The van der Waals surface area contributed by atoms with Crippen molar-refractivity contribution in [2.24, 2.45) is 0 Å². The van der Waals surface area contributed by atoms with Crippen LogP contribution < -0.4 is 25.2 Å². The van der Waals surface area contributed by atoms with E-state index in [1.54, 1.807) is 49.6 Å². The molecule has 37 heavy (non-hydrogen) atoms. The van der Waals surface area contributed by atoms with Crippen molar-refractivity contribution < 1.29 is 19.3 Å². The molecule has 0 saturated heterocycles. The number of ether oxygens (including phenoxy) is 3. The largest absolute Gasteiger partial charge is 0.493 e. The number of hydrogen-bond donors (Lipinski definition) is 2. The lowest BCUT2D eigenvalue weighted by Crippen LogP contribution is -2.30. The Morgan fingerprint density at radius 3 is 2.35 bits per heavy atom. The molecule has 4 aromatic rings. The Labute approximate surface area is 215 Å². The second kappa shape index (κ2) is 11.3. The standard InChI is InChI=1S/C29H31N3O5/c1-35-27-19-23(13-16-26(27)36-18-17-30-21-7-5-6-8-21)31-20-28(33)32(29(31)34)22-11-14-25(15-12-22)37-24-9-3-2-4-10-24/h2-4,9-16,19-21,30,33H,5-8,17-18H2,1H3. The van der Waals surface area contributed by atoms with Gasteiger partial charge in [0, 0.05) is 18.7 Å². The number of nitrogens with zero attached hydrogens (tertiary/aromatic N) is 2. The molecule has 0 aliphatic heterocycles. The van der Waals surface area contributed by atoms with E-state index < -0.39 is 5.69 Å². The number of para-hydroxylation sites is 1. The minimum absolute atomic E-state index is 0.181. The first-order chi connectivity index (χ1) is 18.1. The van der Waals surface area contributed by atoms with Crippen LogP contribution in [0.25, 0.3) is 11.4 Å². The van der Waals surface area contributed by atoms with Crippen molar-refractivity contribution in [2.75, 3.05) is 20.3 Å². The van der Waals surface area contributed by atoms with Crippen molar-refractivity contribution in [1.29, 1.82) is 0 Å². The van der Waals surface area contributed by atoms with Gasteiger partial charge in [-0.15, -0.1) is 0 Å². The molecule has 1 saturated carbocycles. The lowest BCUT2D eigenvalue weighted by atomic mass is 10.2. The average molecular weight is 502 g/mol. The Kier molecular flexibility index (Phi) is 7.46. The maximum Gasteiger partial charge on any atom is 0.340 e. The molecular weight excluding hydrogens is 470 g/mol. The SMILES string of the molecule is COc1cc(-n2cc(O)n(-c3ccc(Oc4ccccc4)cc3)c2=O)ccc1OCCNC1CCCC1. The highest BCUT2D eigenvalue weighted by atomic mass is 16.5. The number of aromatic hydroxyl groups is 1. The molecule has 0 spiro atoms. The third-order valence-corrected chi connectivity index (χ3v) is 6.52. The van der Waals surface area contributed by atoms with Gasteiger partial charge < -0.3 is 24.6 Å². The number of rotatable bonds is 10. The van der Waals surface area contributed by atoms with Gasteiger partial charge in [0.1, 0.15) is 18.1 Å². The van der Waals surface area contributed by atoms with Gasteiger partial charge in [-0.1, -0.05) is 31.0 Å². The van der Waals surface area contributed by atoms with Gasteiger partial charge in [0.2, 0.25) is 5.88 Å². The predicted octanol–water partition coefficient (Wildman–Crippen LogP) is 5.05. The number of aromatic nitrogens is 2. The third kappa shape index (κ3) is 5.65. The average Bonchev–Trinajstić information content (AvgIpc) is 3.55. The molecule has 8 heteroatoms. The van der Waals surface area contributed by atoms with Crippen LogP contribution in [0.15, 0.2) is 83.8 Å². The summed E-state index contributed by atoms with van der Waals surface area (Å²) < 4.78 is 19.9. The van der Waals surface area contributed by atoms with Crippen LogP contribution in [0.3, 0.4) is 0 Å². The normalized spacial score (nSPS) is 13.5. The molecule has 3 aromatic carbocycles. The summed E-state index contributed by atoms with van der Waals surface area (Å²) in [6.45, 7) is 1.29. The lowest BCUT2D eigenvalue weighted by molar-refractivity contribution is 0.286. The highest BCUT2D eigenvalue weighted by molar-refractivity contribution is 5.50. The maximum atomic E-state index is 13.2. The first-order valence-electron chi connectivity index (χ1n) is 12.5. The summed E-state index contributed by atoms with van der Waals surface area (Å²) in [5, 5.41) is 14.1. The van der Waals surface area contributed by atoms with E-state index in [0.717, 1.165) is 6.54 Å². The van der Waals surface area contributed by atoms with Crippen molar-refractivity contribution >= 4 is 0 Å². The number of benzene rings is 3. The first-order valence-corrected chi connectivity index (χ1v) is 12.5. The van der Waals surface area contributed by atoms with Crippen LogP contribution in [0.5, 0.6) is 28.9 Å². The van der Waals surface area contributed by atoms with Gasteiger partial charge in [-0.05, 0) is 61.4 Å². The Bertz CT molecular complexity index is 1370. The monoisotopic (exact) mass is 501 g/mol. The molecule has 0 bridgehead atoms. The van der Waals surface area contributed by atoms with Gasteiger partial charge >= 0.3 is 5.69 Å². The molecule has 8 nitrogen and oxygen atoms in total. The van der Waals surface area contributed by atoms with Gasteiger partial charge in [0.05, 0.1) is 24.7 Å². The van der Waals surface area contributed by atoms with Gasteiger partial charge in [0.15, 0.2) is 11.5 Å². The van der Waals surface area contributed by atoms with Gasteiger partial charge in [-0.3, -0.25) is 4.57 Å². The minimum atomic E-state index is -0.411. The van der Waals surface area contributed by atoms with Crippen LogP contribution in [0.2, 0.25) is 0 Å². The third-order valence-electron chi connectivity index (χ3n) is 6.52. The van der Waals surface area contributed by atoms with Gasteiger partial charge in [0.25, 0.3) is 0 Å². The van der Waals surface area contributed by atoms with E-state index in [0.29, 0.717) is 47.0 Å². The molecule has 0 atom stereocenters. The van der Waals surface area contributed by atoms with Crippen molar-refractivity contribution in [3.63, 3.8) is 0 Å². The number of imidazole rings is 1. The Morgan fingerprint density at radius 1 is 0.919 bits per heavy atom. The zero-order valence-electron chi connectivity index (χ0n) is 20.8. The molecule has 0 amide bonds. The summed E-state index contributed by atoms with van der Waals surface area (Å²) in [7, 11) is 1.56. The van der Waals surface area contributed by atoms with Crippen LogP contribution in [-0.4, -0.2) is 40.5 Å². The van der Waals surface area contributed by atoms with Crippen molar-refractivity contribution in [3.05, 3.63) is 89.5 Å². The summed E-state index contributed by atoms with van der Waals surface area (Å²) in [5.41, 5.74) is 0.658. The van der Waals surface area contributed by atoms with Crippen LogP contribution in [-0.2, 0) is 0 Å². The fourth-order valence-electron chi connectivity index (χ4n) is 4.63. The van der Waals surface area contributed by atoms with Crippen LogP contribution in [0.1, 0.15) is 25.7 Å². The Morgan fingerprint density at radius 2 is 1.62 bits per heavy atom. The second-order valence-corrected chi connectivity index (χ2v) is 9.00. The minimum Gasteiger partial charge on any atom is -0.493 e. The van der Waals surface area contributed by atoms with Crippen LogP contribution in [0, 0.1) is 0 Å². The fourth-order valence-corrected chi connectivity index (χ4v) is 4.63. The number of methoxy groups -OCH3 is 1. The topological polar surface area (TPSA) is 86.9 Å². The van der Waals surface area contributed by atoms with Crippen molar-refractivity contribution in [3.8, 4) is 40.3 Å². The molecule has 0 radical (unpaired) electrons. The van der Waals surface area contributed by atoms with E-state index in [2.05, 4.69) is 5.32 Å². The van der Waals surface area contributed by atoms with Gasteiger partial charge in [-0.2, -0.15) is 0 Å². The smallest absolute Gasteiger partial charge is 0.340 e. The lowest BCUT2D eigenvalue weighted by Gasteiger charge is -2.14. The van der Waals surface area contributed by atoms with Crippen molar-refractivity contribution in [2.45, 2.75) is 31.7 Å². The van der Waals surface area contributed by atoms with Gasteiger partial charge in [-0.25, -0.2) is 9.36 Å². The quantitative estimate of drug-likeness (QED) is 0.296. The molecule has 2 N–H and O–H groups in total. The van der Waals surface area contributed by atoms with E-state index in [4.69, 9.17) is 14.2 Å². The van der Waals surface area contributed by atoms with E-state index >= 15 is 0 Å². The molecule has 5 rings (SSSR count).